The van der Waals surface area contributed by atoms with Gasteiger partial charge >= 0.3 is 0 Å². The highest BCUT2D eigenvalue weighted by molar-refractivity contribution is 6.16. The number of fused-ring (bicyclic) bond motifs is 8. The fourth-order valence-electron chi connectivity index (χ4n) is 4.62. The monoisotopic (exact) mass is 396 g/mol. The molecule has 0 saturated heterocycles. The molecule has 0 amide bonds. The summed E-state index contributed by atoms with van der Waals surface area (Å²) in [5.41, 5.74) is 2.12. The molecule has 5 aromatic rings. The van der Waals surface area contributed by atoms with Gasteiger partial charge in [-0.25, -0.2) is 4.98 Å². The van der Waals surface area contributed by atoms with Crippen LogP contribution in [0.25, 0.3) is 44.4 Å². The van der Waals surface area contributed by atoms with Gasteiger partial charge in [0.2, 0.25) is 5.91 Å². The van der Waals surface area contributed by atoms with E-state index in [1.807, 2.05) is 36.4 Å². The van der Waals surface area contributed by atoms with E-state index in [0.717, 1.165) is 16.3 Å². The van der Waals surface area contributed by atoms with Crippen LogP contribution < -0.4 is 5.56 Å². The van der Waals surface area contributed by atoms with E-state index in [1.165, 1.54) is 16.1 Å². The summed E-state index contributed by atoms with van der Waals surface area (Å²) in [4.78, 5) is 43.9. The highest BCUT2D eigenvalue weighted by Crippen LogP contribution is 2.38. The largest absolute Gasteiger partial charge is 0.278 e. The molecule has 0 aliphatic carbocycles. The molecule has 0 radical (unpaired) electrons. The van der Waals surface area contributed by atoms with E-state index in [2.05, 4.69) is 0 Å². The molecule has 7 heteroatoms. The second-order valence-electron chi connectivity index (χ2n) is 7.62. The smallest absolute Gasteiger partial charge is 0.262 e. The Morgan fingerprint density at radius 1 is 0.967 bits per heavy atom. The highest BCUT2D eigenvalue weighted by Gasteiger charge is 2.35. The van der Waals surface area contributed by atoms with Crippen molar-refractivity contribution in [3.05, 3.63) is 65.0 Å². The molecule has 0 unspecified atom stereocenters. The van der Waals surface area contributed by atoms with Crippen LogP contribution in [0.3, 0.4) is 0 Å². The molecule has 1 aliphatic heterocycles. The van der Waals surface area contributed by atoms with Gasteiger partial charge in [-0.05, 0) is 31.2 Å². The molecular formula is C23H16N4O3. The average molecular weight is 396 g/mol. The van der Waals surface area contributed by atoms with Gasteiger partial charge in [0.1, 0.15) is 11.7 Å². The first kappa shape index (κ1) is 16.9. The number of rotatable bonds is 0. The number of hydrogen-bond acceptors (Lipinski definition) is 4. The molecule has 0 spiro atoms. The zero-order valence-electron chi connectivity index (χ0n) is 16.3. The molecule has 4 heterocycles. The molecule has 2 aromatic carbocycles. The van der Waals surface area contributed by atoms with Crippen LogP contribution in [0.15, 0.2) is 59.4 Å². The lowest BCUT2D eigenvalue weighted by Gasteiger charge is -2.26. The van der Waals surface area contributed by atoms with E-state index < -0.39 is 6.04 Å². The van der Waals surface area contributed by atoms with Gasteiger partial charge in [-0.1, -0.05) is 30.3 Å². The quantitative estimate of drug-likeness (QED) is 0.398. The Labute approximate surface area is 169 Å². The Balaban J connectivity index is 1.84. The van der Waals surface area contributed by atoms with Crippen molar-refractivity contribution in [2.75, 3.05) is 0 Å². The molecular weight excluding hydrogens is 380 g/mol. The Kier molecular flexibility index (Phi) is 3.12. The predicted molar refractivity (Wildman–Crippen MR) is 114 cm³/mol. The van der Waals surface area contributed by atoms with Gasteiger partial charge in [-0.2, -0.15) is 0 Å². The molecule has 7 nitrogen and oxygen atoms in total. The lowest BCUT2D eigenvalue weighted by atomic mass is 10.1. The number of carbonyl (C=O) groups excluding carboxylic acids is 2. The van der Waals surface area contributed by atoms with Crippen LogP contribution in [0.1, 0.15) is 29.5 Å². The van der Waals surface area contributed by atoms with Gasteiger partial charge in [-0.3, -0.25) is 28.1 Å². The third kappa shape index (κ3) is 1.89. The summed E-state index contributed by atoms with van der Waals surface area (Å²) in [6.45, 7) is 3.17. The second kappa shape index (κ2) is 5.54. The second-order valence-corrected chi connectivity index (χ2v) is 7.62. The predicted octanol–water partition coefficient (Wildman–Crippen LogP) is 3.85. The third-order valence-electron chi connectivity index (χ3n) is 5.94. The van der Waals surface area contributed by atoms with Crippen LogP contribution in [0.5, 0.6) is 0 Å². The fraction of sp³-hybridized carbons (Fsp3) is 0.130. The number of aromatic nitrogens is 4. The SMILES string of the molecule is CC(=O)n1c2ccccc2c2cc3n(c21)C(=O)[C@H](C)n1c-3nc2ccccc2c1=O. The molecule has 30 heavy (non-hydrogen) atoms. The molecule has 0 fully saturated rings. The number of benzene rings is 2. The zero-order valence-corrected chi connectivity index (χ0v) is 16.3. The minimum atomic E-state index is -0.744. The lowest BCUT2D eigenvalue weighted by Crippen LogP contribution is -2.37. The summed E-state index contributed by atoms with van der Waals surface area (Å²) in [5.74, 6) is -0.0184. The first-order valence-electron chi connectivity index (χ1n) is 9.70. The Morgan fingerprint density at radius 2 is 1.67 bits per heavy atom. The molecule has 6 rings (SSSR count). The van der Waals surface area contributed by atoms with Gasteiger partial charge < -0.3 is 0 Å². The Hall–Kier alpha value is -4.00. The molecule has 1 atom stereocenters. The van der Waals surface area contributed by atoms with Crippen LogP contribution in [0.4, 0.5) is 0 Å². The van der Waals surface area contributed by atoms with Crippen molar-refractivity contribution in [1.82, 2.24) is 18.7 Å². The van der Waals surface area contributed by atoms with Crippen molar-refractivity contribution in [2.24, 2.45) is 0 Å². The van der Waals surface area contributed by atoms with Gasteiger partial charge in [0, 0.05) is 17.7 Å². The van der Waals surface area contributed by atoms with E-state index in [4.69, 9.17) is 4.98 Å². The van der Waals surface area contributed by atoms with Crippen molar-refractivity contribution in [3.8, 4) is 11.5 Å². The van der Waals surface area contributed by atoms with Gasteiger partial charge in [0.05, 0.1) is 22.1 Å². The minimum Gasteiger partial charge on any atom is -0.278 e. The summed E-state index contributed by atoms with van der Waals surface area (Å²) in [7, 11) is 0. The van der Waals surface area contributed by atoms with E-state index in [0.29, 0.717) is 28.1 Å². The minimum absolute atomic E-state index is 0.183. The van der Waals surface area contributed by atoms with E-state index in [9.17, 15) is 14.4 Å². The van der Waals surface area contributed by atoms with Gasteiger partial charge in [0.15, 0.2) is 5.82 Å². The van der Waals surface area contributed by atoms with Crippen LogP contribution >= 0.6 is 0 Å². The Bertz CT molecular complexity index is 1630. The Morgan fingerprint density at radius 3 is 2.43 bits per heavy atom. The van der Waals surface area contributed by atoms with Crippen LogP contribution in [0.2, 0.25) is 0 Å². The highest BCUT2D eigenvalue weighted by atomic mass is 16.2. The van der Waals surface area contributed by atoms with Crippen molar-refractivity contribution < 1.29 is 9.59 Å². The number of hydrogen-bond donors (Lipinski definition) is 0. The zero-order chi connectivity index (χ0) is 20.7. The van der Waals surface area contributed by atoms with Crippen LogP contribution in [0, 0.1) is 0 Å². The summed E-state index contributed by atoms with van der Waals surface area (Å²) in [5, 5.41) is 2.14. The molecule has 3 aromatic heterocycles. The molecule has 0 N–H and O–H groups in total. The average Bonchev–Trinajstić information content (AvgIpc) is 3.27. The maximum atomic E-state index is 13.4. The van der Waals surface area contributed by atoms with Crippen molar-refractivity contribution in [3.63, 3.8) is 0 Å². The van der Waals surface area contributed by atoms with Crippen LogP contribution in [-0.4, -0.2) is 30.5 Å². The van der Waals surface area contributed by atoms with Crippen molar-refractivity contribution in [2.45, 2.75) is 19.9 Å². The maximum Gasteiger partial charge on any atom is 0.262 e. The van der Waals surface area contributed by atoms with E-state index in [1.54, 1.807) is 29.7 Å². The summed E-state index contributed by atoms with van der Waals surface area (Å²) >= 11 is 0. The summed E-state index contributed by atoms with van der Waals surface area (Å²) in [6, 6.07) is 15.8. The van der Waals surface area contributed by atoms with E-state index >= 15 is 0 Å². The standard InChI is InChI=1S/C23H16N4O3/c1-12-22(29)27-19(20-24-17-9-5-3-8-15(17)23(30)25(12)20)11-16-14-7-4-6-10-18(14)26(13(2)28)21(16)27/h3-12H,1-2H3/t12-/m0/s1. The first-order valence-corrected chi connectivity index (χ1v) is 9.70. The fourth-order valence-corrected chi connectivity index (χ4v) is 4.62. The van der Waals surface area contributed by atoms with Crippen LogP contribution in [-0.2, 0) is 0 Å². The van der Waals surface area contributed by atoms with Crippen molar-refractivity contribution >= 4 is 44.7 Å². The van der Waals surface area contributed by atoms with E-state index in [-0.39, 0.29) is 17.4 Å². The summed E-state index contributed by atoms with van der Waals surface area (Å²) in [6.07, 6.45) is 0. The molecule has 0 bridgehead atoms. The molecule has 1 aliphatic rings. The normalized spacial score (nSPS) is 15.7. The molecule has 0 saturated carbocycles. The topological polar surface area (TPSA) is 78.9 Å². The molecule has 146 valence electrons. The van der Waals surface area contributed by atoms with Gasteiger partial charge in [0.25, 0.3) is 11.5 Å². The number of nitrogens with zero attached hydrogens (tertiary/aromatic N) is 4. The maximum absolute atomic E-state index is 13.4. The lowest BCUT2D eigenvalue weighted by molar-refractivity contribution is 0.0845. The number of para-hydroxylation sites is 2. The first-order chi connectivity index (χ1) is 14.5. The third-order valence-corrected chi connectivity index (χ3v) is 5.94. The summed E-state index contributed by atoms with van der Waals surface area (Å²) < 4.78 is 4.56. The number of carbonyl (C=O) groups is 2. The van der Waals surface area contributed by atoms with Gasteiger partial charge in [-0.15, -0.1) is 0 Å². The van der Waals surface area contributed by atoms with Crippen molar-refractivity contribution in [1.29, 1.82) is 0 Å².